The zero-order valence-corrected chi connectivity index (χ0v) is 6.77. The average Bonchev–Trinajstić information content (AvgIpc) is 1.69. The van der Waals surface area contributed by atoms with Gasteiger partial charge >= 0.3 is 0 Å². The molecule has 1 heterocycles. The molecule has 8 heavy (non-hydrogen) atoms. The smallest absolute Gasteiger partial charge is 0.234 e. The molecule has 0 unspecified atom stereocenters. The number of hydrogen-bond acceptors (Lipinski definition) is 2. The van der Waals surface area contributed by atoms with Crippen LogP contribution >= 0.6 is 24.0 Å². The molecular formula is C4H9IN2O. The normalized spacial score (nSPS) is 18.8. The van der Waals surface area contributed by atoms with E-state index < -0.39 is 0 Å². The fourth-order valence-corrected chi connectivity index (χ4v) is 0.555. The van der Waals surface area contributed by atoms with Crippen LogP contribution in [-0.2, 0) is 4.79 Å². The van der Waals surface area contributed by atoms with Crippen LogP contribution in [0.15, 0.2) is 0 Å². The molecular weight excluding hydrogens is 219 g/mol. The molecule has 1 amide bonds. The van der Waals surface area contributed by atoms with E-state index in [0.717, 1.165) is 13.1 Å². The van der Waals surface area contributed by atoms with Crippen LogP contribution in [0.2, 0.25) is 0 Å². The van der Waals surface area contributed by atoms with Crippen molar-refractivity contribution in [2.75, 3.05) is 19.6 Å². The van der Waals surface area contributed by atoms with E-state index in [2.05, 4.69) is 10.6 Å². The van der Waals surface area contributed by atoms with Gasteiger partial charge in [0, 0.05) is 13.1 Å². The summed E-state index contributed by atoms with van der Waals surface area (Å²) in [5.41, 5.74) is 0. The maximum Gasteiger partial charge on any atom is 0.234 e. The predicted octanol–water partition coefficient (Wildman–Crippen LogP) is -0.676. The van der Waals surface area contributed by atoms with Crippen LogP contribution in [0, 0.1) is 0 Å². The van der Waals surface area contributed by atoms with E-state index in [4.69, 9.17) is 0 Å². The van der Waals surface area contributed by atoms with Crippen molar-refractivity contribution in [3.63, 3.8) is 0 Å². The van der Waals surface area contributed by atoms with Crippen molar-refractivity contribution in [1.82, 2.24) is 10.6 Å². The maximum atomic E-state index is 10.3. The fraction of sp³-hybridized carbons (Fsp3) is 0.750. The number of hydrogen-bond donors (Lipinski definition) is 2. The summed E-state index contributed by atoms with van der Waals surface area (Å²) in [6, 6.07) is 0. The third kappa shape index (κ3) is 2.46. The second kappa shape index (κ2) is 4.08. The summed E-state index contributed by atoms with van der Waals surface area (Å²) >= 11 is 0. The number of amides is 1. The lowest BCUT2D eigenvalue weighted by atomic mass is 10.4. The Hall–Kier alpha value is 0.160. The van der Waals surface area contributed by atoms with E-state index >= 15 is 0 Å². The summed E-state index contributed by atoms with van der Waals surface area (Å²) in [4.78, 5) is 10.3. The van der Waals surface area contributed by atoms with Gasteiger partial charge in [0.1, 0.15) is 0 Å². The monoisotopic (exact) mass is 228 g/mol. The van der Waals surface area contributed by atoms with Crippen LogP contribution in [0.1, 0.15) is 0 Å². The first-order valence-electron chi connectivity index (χ1n) is 2.37. The van der Waals surface area contributed by atoms with Crippen molar-refractivity contribution < 1.29 is 4.79 Å². The van der Waals surface area contributed by atoms with Crippen molar-refractivity contribution in [2.45, 2.75) is 0 Å². The van der Waals surface area contributed by atoms with Crippen LogP contribution in [0.5, 0.6) is 0 Å². The quantitative estimate of drug-likeness (QED) is 0.539. The molecule has 1 saturated heterocycles. The van der Waals surface area contributed by atoms with E-state index in [1.54, 1.807) is 0 Å². The molecule has 1 aliphatic rings. The molecule has 0 aromatic carbocycles. The summed E-state index contributed by atoms with van der Waals surface area (Å²) < 4.78 is 0. The second-order valence-electron chi connectivity index (χ2n) is 1.53. The minimum atomic E-state index is 0. The molecule has 0 aromatic heterocycles. The first kappa shape index (κ1) is 8.16. The van der Waals surface area contributed by atoms with Crippen LogP contribution in [0.25, 0.3) is 0 Å². The third-order valence-electron chi connectivity index (χ3n) is 0.910. The third-order valence-corrected chi connectivity index (χ3v) is 0.910. The van der Waals surface area contributed by atoms with Gasteiger partial charge in [0.05, 0.1) is 6.54 Å². The largest absolute Gasteiger partial charge is 0.354 e. The Morgan fingerprint density at radius 1 is 1.38 bits per heavy atom. The Bertz CT molecular complexity index is 78.1. The van der Waals surface area contributed by atoms with Gasteiger partial charge in [-0.05, 0) is 0 Å². The molecule has 0 atom stereocenters. The Morgan fingerprint density at radius 2 is 2.12 bits per heavy atom. The summed E-state index contributed by atoms with van der Waals surface area (Å²) in [5, 5.41) is 5.60. The zero-order chi connectivity index (χ0) is 5.11. The Balaban J connectivity index is 0.000000490. The molecule has 1 fully saturated rings. The lowest BCUT2D eigenvalue weighted by Crippen LogP contribution is -2.44. The predicted molar refractivity (Wildman–Crippen MR) is 41.3 cm³/mol. The van der Waals surface area contributed by atoms with E-state index in [9.17, 15) is 4.79 Å². The highest BCUT2D eigenvalue weighted by molar-refractivity contribution is 14.0. The Kier molecular flexibility index (Phi) is 4.16. The lowest BCUT2D eigenvalue weighted by molar-refractivity contribution is -0.121. The summed E-state index contributed by atoms with van der Waals surface area (Å²) in [6.07, 6.45) is 0. The van der Waals surface area contributed by atoms with Crippen molar-refractivity contribution in [2.24, 2.45) is 0 Å². The summed E-state index contributed by atoms with van der Waals surface area (Å²) in [7, 11) is 0. The first-order valence-corrected chi connectivity index (χ1v) is 2.37. The van der Waals surface area contributed by atoms with Gasteiger partial charge in [-0.15, -0.1) is 24.0 Å². The van der Waals surface area contributed by atoms with Gasteiger partial charge in [-0.1, -0.05) is 0 Å². The van der Waals surface area contributed by atoms with Crippen LogP contribution in [0.4, 0.5) is 0 Å². The van der Waals surface area contributed by atoms with E-state index in [0.29, 0.717) is 6.54 Å². The van der Waals surface area contributed by atoms with Gasteiger partial charge in [-0.3, -0.25) is 4.79 Å². The highest BCUT2D eigenvalue weighted by Crippen LogP contribution is 1.69. The van der Waals surface area contributed by atoms with E-state index in [1.165, 1.54) is 0 Å². The van der Waals surface area contributed by atoms with Crippen molar-refractivity contribution in [3.05, 3.63) is 0 Å². The molecule has 0 bridgehead atoms. The number of piperazine rings is 1. The highest BCUT2D eigenvalue weighted by atomic mass is 127. The molecule has 48 valence electrons. The molecule has 3 nitrogen and oxygen atoms in total. The summed E-state index contributed by atoms with van der Waals surface area (Å²) in [5.74, 6) is 0.103. The topological polar surface area (TPSA) is 41.1 Å². The molecule has 2 N–H and O–H groups in total. The molecule has 1 rings (SSSR count). The number of halogens is 1. The van der Waals surface area contributed by atoms with Gasteiger partial charge in [0.25, 0.3) is 0 Å². The van der Waals surface area contributed by atoms with Crippen LogP contribution in [-0.4, -0.2) is 25.5 Å². The van der Waals surface area contributed by atoms with Crippen molar-refractivity contribution in [3.8, 4) is 0 Å². The lowest BCUT2D eigenvalue weighted by Gasteiger charge is -2.11. The van der Waals surface area contributed by atoms with Gasteiger partial charge in [0.2, 0.25) is 5.91 Å². The zero-order valence-electron chi connectivity index (χ0n) is 4.44. The van der Waals surface area contributed by atoms with Crippen molar-refractivity contribution in [1.29, 1.82) is 0 Å². The SMILES string of the molecule is I.O=C1CNCCN1. The molecule has 0 saturated carbocycles. The minimum absolute atomic E-state index is 0. The molecule has 1 aliphatic heterocycles. The van der Waals surface area contributed by atoms with Crippen LogP contribution in [0.3, 0.4) is 0 Å². The number of carbonyl (C=O) groups is 1. The van der Waals surface area contributed by atoms with Crippen LogP contribution < -0.4 is 10.6 Å². The van der Waals surface area contributed by atoms with Crippen molar-refractivity contribution >= 4 is 29.9 Å². The Morgan fingerprint density at radius 3 is 2.38 bits per heavy atom. The Labute approximate surface area is 65.2 Å². The molecule has 0 radical (unpaired) electrons. The maximum absolute atomic E-state index is 10.3. The molecule has 0 aromatic rings. The summed E-state index contributed by atoms with van der Waals surface area (Å²) in [6.45, 7) is 2.17. The molecule has 0 spiro atoms. The second-order valence-corrected chi connectivity index (χ2v) is 1.53. The van der Waals surface area contributed by atoms with Gasteiger partial charge in [-0.2, -0.15) is 0 Å². The number of carbonyl (C=O) groups excluding carboxylic acids is 1. The highest BCUT2D eigenvalue weighted by Gasteiger charge is 2.02. The average molecular weight is 228 g/mol. The van der Waals surface area contributed by atoms with E-state index in [-0.39, 0.29) is 29.9 Å². The fourth-order valence-electron chi connectivity index (χ4n) is 0.555. The van der Waals surface area contributed by atoms with Gasteiger partial charge in [-0.25, -0.2) is 0 Å². The number of nitrogens with one attached hydrogen (secondary N) is 2. The van der Waals surface area contributed by atoms with E-state index in [1.807, 2.05) is 0 Å². The minimum Gasteiger partial charge on any atom is -0.354 e. The number of rotatable bonds is 0. The van der Waals surface area contributed by atoms with Gasteiger partial charge in [0.15, 0.2) is 0 Å². The molecule has 4 heteroatoms. The van der Waals surface area contributed by atoms with Gasteiger partial charge < -0.3 is 10.6 Å². The first-order chi connectivity index (χ1) is 3.39. The standard InChI is InChI=1S/C4H8N2O.HI/c7-4-3-5-1-2-6-4;/h5H,1-3H2,(H,6,7);1H. The molecule has 0 aliphatic carbocycles.